The molecule has 0 bridgehead atoms. The summed E-state index contributed by atoms with van der Waals surface area (Å²) in [4.78, 5) is 0. The number of aliphatic hydroxyl groups excluding tert-OH is 1. The van der Waals surface area contributed by atoms with Crippen LogP contribution in [0.15, 0.2) is 71.3 Å². The van der Waals surface area contributed by atoms with Crippen LogP contribution < -0.4 is 10.1 Å². The Morgan fingerprint density at radius 1 is 1.10 bits per heavy atom. The molecule has 0 spiro atoms. The first-order valence-corrected chi connectivity index (χ1v) is 9.81. The van der Waals surface area contributed by atoms with Crippen LogP contribution in [-0.4, -0.2) is 29.5 Å². The number of hydrogen-bond acceptors (Lipinski definition) is 5. The van der Waals surface area contributed by atoms with Crippen molar-refractivity contribution in [3.63, 3.8) is 0 Å². The lowest BCUT2D eigenvalue weighted by molar-refractivity contribution is 0.106. The Bertz CT molecular complexity index is 1120. The van der Waals surface area contributed by atoms with Gasteiger partial charge in [0.25, 0.3) is 0 Å². The van der Waals surface area contributed by atoms with E-state index in [2.05, 4.69) is 41.7 Å². The molecule has 2 N–H and O–H groups in total. The van der Waals surface area contributed by atoms with E-state index in [1.165, 1.54) is 23.3 Å². The maximum Gasteiger partial charge on any atom is 0.170 e. The van der Waals surface area contributed by atoms with Crippen molar-refractivity contribution in [1.82, 2.24) is 10.5 Å². The highest BCUT2D eigenvalue weighted by Crippen LogP contribution is 2.30. The Morgan fingerprint density at radius 2 is 1.93 bits per heavy atom. The largest absolute Gasteiger partial charge is 0.491 e. The Hall–Kier alpha value is -3.22. The molecule has 4 rings (SSSR count). The van der Waals surface area contributed by atoms with E-state index in [4.69, 9.17) is 9.26 Å². The number of aliphatic hydroxyl groups is 1. The van der Waals surface area contributed by atoms with Crippen LogP contribution in [-0.2, 0) is 6.54 Å². The average molecular weight is 406 g/mol. The minimum atomic E-state index is -0.644. The maximum atomic E-state index is 13.4. The predicted molar refractivity (Wildman–Crippen MR) is 114 cm³/mol. The van der Waals surface area contributed by atoms with Gasteiger partial charge in [-0.15, -0.1) is 0 Å². The van der Waals surface area contributed by atoms with E-state index in [1.54, 1.807) is 6.07 Å². The highest BCUT2D eigenvalue weighted by Gasteiger charge is 2.12. The number of ether oxygens (including phenoxy) is 1. The molecule has 0 radical (unpaired) electrons. The molecule has 0 fully saturated rings. The SMILES string of the molecule is Cc1ccc(CNC[C@@H](O)COc2cccc(-c3noc4cc(F)ccc34)c2)cc1. The fourth-order valence-electron chi connectivity index (χ4n) is 3.19. The van der Waals surface area contributed by atoms with Crippen LogP contribution in [0.3, 0.4) is 0 Å². The molecule has 154 valence electrons. The van der Waals surface area contributed by atoms with Gasteiger partial charge in [-0.1, -0.05) is 47.1 Å². The molecule has 0 aliphatic carbocycles. The molecule has 1 heterocycles. The van der Waals surface area contributed by atoms with E-state index in [0.717, 1.165) is 10.9 Å². The van der Waals surface area contributed by atoms with Crippen molar-refractivity contribution >= 4 is 11.0 Å². The zero-order valence-electron chi connectivity index (χ0n) is 16.6. The summed E-state index contributed by atoms with van der Waals surface area (Å²) < 4.78 is 24.3. The minimum absolute atomic E-state index is 0.162. The van der Waals surface area contributed by atoms with E-state index < -0.39 is 6.10 Å². The fraction of sp³-hybridized carbons (Fsp3) is 0.208. The average Bonchev–Trinajstić information content (AvgIpc) is 3.17. The molecule has 0 aliphatic rings. The zero-order chi connectivity index (χ0) is 20.9. The number of aryl methyl sites for hydroxylation is 1. The Balaban J connectivity index is 1.33. The summed E-state index contributed by atoms with van der Waals surface area (Å²) in [6, 6.07) is 20.0. The molecule has 6 heteroatoms. The minimum Gasteiger partial charge on any atom is -0.491 e. The predicted octanol–water partition coefficient (Wildman–Crippen LogP) is 4.47. The van der Waals surface area contributed by atoms with Crippen LogP contribution in [0.5, 0.6) is 5.75 Å². The van der Waals surface area contributed by atoms with Gasteiger partial charge in [0.1, 0.15) is 30.0 Å². The van der Waals surface area contributed by atoms with E-state index in [0.29, 0.717) is 30.1 Å². The smallest absolute Gasteiger partial charge is 0.170 e. The molecule has 5 nitrogen and oxygen atoms in total. The Morgan fingerprint density at radius 3 is 2.77 bits per heavy atom. The van der Waals surface area contributed by atoms with Crippen molar-refractivity contribution < 1.29 is 18.8 Å². The molecule has 0 amide bonds. The van der Waals surface area contributed by atoms with Crippen LogP contribution in [0.25, 0.3) is 22.2 Å². The number of hydrogen-bond donors (Lipinski definition) is 2. The molecule has 0 saturated carbocycles. The summed E-state index contributed by atoms with van der Waals surface area (Å²) in [5, 5.41) is 18.2. The Labute approximate surface area is 174 Å². The second-order valence-corrected chi connectivity index (χ2v) is 7.28. The lowest BCUT2D eigenvalue weighted by atomic mass is 10.1. The third-order valence-electron chi connectivity index (χ3n) is 4.81. The summed E-state index contributed by atoms with van der Waals surface area (Å²) >= 11 is 0. The molecular weight excluding hydrogens is 383 g/mol. The van der Waals surface area contributed by atoms with Gasteiger partial charge in [0.05, 0.1) is 0 Å². The topological polar surface area (TPSA) is 67.5 Å². The molecule has 1 aromatic heterocycles. The van der Waals surface area contributed by atoms with E-state index in [-0.39, 0.29) is 12.4 Å². The van der Waals surface area contributed by atoms with Crippen molar-refractivity contribution in [3.8, 4) is 17.0 Å². The number of fused-ring (bicyclic) bond motifs is 1. The first-order valence-electron chi connectivity index (χ1n) is 9.81. The number of benzene rings is 3. The van der Waals surface area contributed by atoms with Gasteiger partial charge in [-0.25, -0.2) is 4.39 Å². The number of nitrogens with zero attached hydrogens (tertiary/aromatic N) is 1. The molecule has 0 aliphatic heterocycles. The molecular formula is C24H23FN2O3. The zero-order valence-corrected chi connectivity index (χ0v) is 16.6. The van der Waals surface area contributed by atoms with Gasteiger partial charge in [0, 0.05) is 30.1 Å². The number of nitrogens with one attached hydrogen (secondary N) is 1. The third kappa shape index (κ3) is 4.84. The van der Waals surface area contributed by atoms with E-state index >= 15 is 0 Å². The van der Waals surface area contributed by atoms with Crippen molar-refractivity contribution in [2.24, 2.45) is 0 Å². The quantitative estimate of drug-likeness (QED) is 0.452. The molecule has 4 aromatic rings. The summed E-state index contributed by atoms with van der Waals surface area (Å²) in [6.07, 6.45) is -0.644. The molecule has 3 aromatic carbocycles. The van der Waals surface area contributed by atoms with Crippen molar-refractivity contribution in [2.45, 2.75) is 19.6 Å². The van der Waals surface area contributed by atoms with Crippen LogP contribution >= 0.6 is 0 Å². The highest BCUT2D eigenvalue weighted by molar-refractivity contribution is 5.91. The summed E-state index contributed by atoms with van der Waals surface area (Å²) in [7, 11) is 0. The van der Waals surface area contributed by atoms with E-state index in [9.17, 15) is 9.50 Å². The van der Waals surface area contributed by atoms with Crippen molar-refractivity contribution in [3.05, 3.63) is 83.7 Å². The second kappa shape index (κ2) is 9.07. The van der Waals surface area contributed by atoms with Crippen LogP contribution in [0.4, 0.5) is 4.39 Å². The number of rotatable bonds is 8. The van der Waals surface area contributed by atoms with E-state index in [1.807, 2.05) is 24.3 Å². The number of halogens is 1. The lowest BCUT2D eigenvalue weighted by Gasteiger charge is -2.14. The van der Waals surface area contributed by atoms with Gasteiger partial charge in [-0.2, -0.15) is 0 Å². The fourth-order valence-corrected chi connectivity index (χ4v) is 3.19. The molecule has 0 unspecified atom stereocenters. The monoisotopic (exact) mass is 406 g/mol. The standard InChI is InChI=1S/C24H23FN2O3/c1-16-5-7-17(8-6-16)13-26-14-20(28)15-29-21-4-2-3-18(11-21)24-22-10-9-19(25)12-23(22)30-27-24/h2-12,20,26,28H,13-15H2,1H3/t20-/m1/s1. The first kappa shape index (κ1) is 20.1. The van der Waals surface area contributed by atoms with Gasteiger partial charge in [0.2, 0.25) is 0 Å². The third-order valence-corrected chi connectivity index (χ3v) is 4.81. The summed E-state index contributed by atoms with van der Waals surface area (Å²) in [5.74, 6) is 0.246. The number of aromatic nitrogens is 1. The summed E-state index contributed by atoms with van der Waals surface area (Å²) in [6.45, 7) is 3.33. The van der Waals surface area contributed by atoms with Gasteiger partial charge in [-0.05, 0) is 36.8 Å². The Kier molecular flexibility index (Phi) is 6.07. The van der Waals surface area contributed by atoms with Crippen LogP contribution in [0.2, 0.25) is 0 Å². The van der Waals surface area contributed by atoms with Gasteiger partial charge in [-0.3, -0.25) is 0 Å². The molecule has 1 atom stereocenters. The van der Waals surface area contributed by atoms with Crippen LogP contribution in [0.1, 0.15) is 11.1 Å². The first-order chi connectivity index (χ1) is 14.6. The molecule has 30 heavy (non-hydrogen) atoms. The van der Waals surface area contributed by atoms with Crippen LogP contribution in [0, 0.1) is 12.7 Å². The molecule has 0 saturated heterocycles. The maximum absolute atomic E-state index is 13.4. The van der Waals surface area contributed by atoms with Gasteiger partial charge in [0.15, 0.2) is 5.58 Å². The van der Waals surface area contributed by atoms with Gasteiger partial charge < -0.3 is 19.7 Å². The highest BCUT2D eigenvalue weighted by atomic mass is 19.1. The summed E-state index contributed by atoms with van der Waals surface area (Å²) in [5.41, 5.74) is 4.20. The normalized spacial score (nSPS) is 12.2. The van der Waals surface area contributed by atoms with Gasteiger partial charge >= 0.3 is 0 Å². The van der Waals surface area contributed by atoms with Crippen molar-refractivity contribution in [1.29, 1.82) is 0 Å². The van der Waals surface area contributed by atoms with Crippen molar-refractivity contribution in [2.75, 3.05) is 13.2 Å². The lowest BCUT2D eigenvalue weighted by Crippen LogP contribution is -2.31. The second-order valence-electron chi connectivity index (χ2n) is 7.28.